The molecule has 1 fully saturated rings. The summed E-state index contributed by atoms with van der Waals surface area (Å²) in [5, 5.41) is 6.10. The van der Waals surface area contributed by atoms with Crippen molar-refractivity contribution in [3.05, 3.63) is 47.3 Å². The number of carbonyl (C=O) groups excluding carboxylic acids is 2. The van der Waals surface area contributed by atoms with Gasteiger partial charge in [-0.05, 0) is 62.8 Å². The van der Waals surface area contributed by atoms with E-state index in [2.05, 4.69) is 25.6 Å². The maximum absolute atomic E-state index is 12.7. The minimum absolute atomic E-state index is 0.0103. The first-order valence-corrected chi connectivity index (χ1v) is 11.8. The lowest BCUT2D eigenvalue weighted by Crippen LogP contribution is -2.36. The number of ether oxygens (including phenoxy) is 2. The van der Waals surface area contributed by atoms with Gasteiger partial charge in [-0.25, -0.2) is 9.97 Å². The van der Waals surface area contributed by atoms with Gasteiger partial charge in [0, 0.05) is 31.4 Å². The molecule has 178 valence electrons. The molecule has 2 aromatic heterocycles. The van der Waals surface area contributed by atoms with Crippen LogP contribution in [0.1, 0.15) is 60.6 Å². The summed E-state index contributed by atoms with van der Waals surface area (Å²) in [5.74, 6) is 0.814. The predicted molar refractivity (Wildman–Crippen MR) is 126 cm³/mol. The number of nitrogens with zero attached hydrogens (tertiary/aromatic N) is 2. The average molecular weight is 464 g/mol. The topological polar surface area (TPSA) is 118 Å². The summed E-state index contributed by atoms with van der Waals surface area (Å²) in [5.41, 5.74) is 3.69. The molecular weight excluding hydrogens is 434 g/mol. The number of aromatic amines is 1. The third-order valence-electron chi connectivity index (χ3n) is 6.35. The molecule has 5 rings (SSSR count). The lowest BCUT2D eigenvalue weighted by atomic mass is 9.98. The Kier molecular flexibility index (Phi) is 6.19. The van der Waals surface area contributed by atoms with Gasteiger partial charge in [0.05, 0.1) is 17.8 Å². The van der Waals surface area contributed by atoms with Gasteiger partial charge in [-0.15, -0.1) is 0 Å². The van der Waals surface area contributed by atoms with E-state index in [0.29, 0.717) is 41.6 Å². The van der Waals surface area contributed by atoms with E-state index in [4.69, 9.17) is 9.47 Å². The fourth-order valence-electron chi connectivity index (χ4n) is 4.60. The van der Waals surface area contributed by atoms with Crippen LogP contribution in [0.25, 0.3) is 11.2 Å². The van der Waals surface area contributed by atoms with Crippen molar-refractivity contribution in [2.75, 3.05) is 13.2 Å². The highest BCUT2D eigenvalue weighted by Gasteiger charge is 2.28. The third kappa shape index (κ3) is 4.61. The number of amides is 2. The summed E-state index contributed by atoms with van der Waals surface area (Å²) in [6.45, 7) is 5.09. The highest BCUT2D eigenvalue weighted by molar-refractivity contribution is 6.04. The van der Waals surface area contributed by atoms with Crippen molar-refractivity contribution in [2.45, 2.75) is 51.6 Å². The standard InChI is InChI=1S/C25H29N5O4/c1-14(2)28-25(32)19-12-26-23-22(19)30-21(13-27-23)34-17-5-3-15-4-6-20(18(15)11-17)29-24(31)16-7-9-33-10-8-16/h3,5,11-14,16,20H,4,6-10H2,1-2H3,(H,26,27)(H,28,32)(H,29,31)/t20-/m1/s1. The van der Waals surface area contributed by atoms with Crippen LogP contribution in [-0.4, -0.2) is 46.0 Å². The van der Waals surface area contributed by atoms with Crippen molar-refractivity contribution >= 4 is 23.0 Å². The molecule has 2 aliphatic rings. The van der Waals surface area contributed by atoms with Crippen molar-refractivity contribution < 1.29 is 19.1 Å². The van der Waals surface area contributed by atoms with Crippen LogP contribution in [0.2, 0.25) is 0 Å². The van der Waals surface area contributed by atoms with Crippen LogP contribution in [0.4, 0.5) is 0 Å². The Balaban J connectivity index is 1.33. The van der Waals surface area contributed by atoms with Gasteiger partial charge in [0.15, 0.2) is 5.65 Å². The summed E-state index contributed by atoms with van der Waals surface area (Å²) in [4.78, 5) is 37.1. The Bertz CT molecular complexity index is 1220. The minimum atomic E-state index is -0.214. The van der Waals surface area contributed by atoms with Crippen molar-refractivity contribution in [1.82, 2.24) is 25.6 Å². The van der Waals surface area contributed by atoms with Gasteiger partial charge in [0.25, 0.3) is 5.91 Å². The molecule has 1 atom stereocenters. The van der Waals surface area contributed by atoms with Gasteiger partial charge in [-0.2, -0.15) is 0 Å². The molecule has 0 spiro atoms. The minimum Gasteiger partial charge on any atom is -0.437 e. The highest BCUT2D eigenvalue weighted by Crippen LogP contribution is 2.35. The van der Waals surface area contributed by atoms with E-state index in [1.165, 1.54) is 11.8 Å². The number of H-pyrrole nitrogens is 1. The first-order chi connectivity index (χ1) is 16.5. The number of rotatable bonds is 6. The average Bonchev–Trinajstić information content (AvgIpc) is 3.43. The van der Waals surface area contributed by atoms with Crippen LogP contribution in [0.15, 0.2) is 30.6 Å². The zero-order valence-electron chi connectivity index (χ0n) is 19.4. The summed E-state index contributed by atoms with van der Waals surface area (Å²) in [6.07, 6.45) is 6.46. The van der Waals surface area contributed by atoms with E-state index in [1.54, 1.807) is 6.20 Å². The molecule has 9 nitrogen and oxygen atoms in total. The Morgan fingerprint density at radius 2 is 2.03 bits per heavy atom. The highest BCUT2D eigenvalue weighted by atomic mass is 16.5. The normalized spacial score (nSPS) is 18.1. The quantitative estimate of drug-likeness (QED) is 0.516. The first kappa shape index (κ1) is 22.3. The maximum atomic E-state index is 12.7. The van der Waals surface area contributed by atoms with Gasteiger partial charge < -0.3 is 25.1 Å². The van der Waals surface area contributed by atoms with E-state index in [1.807, 2.05) is 32.0 Å². The number of hydrogen-bond donors (Lipinski definition) is 3. The lowest BCUT2D eigenvalue weighted by Gasteiger charge is -2.23. The molecule has 9 heteroatoms. The molecule has 1 aromatic carbocycles. The smallest absolute Gasteiger partial charge is 0.255 e. The number of benzene rings is 1. The summed E-state index contributed by atoms with van der Waals surface area (Å²) < 4.78 is 11.4. The van der Waals surface area contributed by atoms with Crippen LogP contribution < -0.4 is 15.4 Å². The zero-order chi connectivity index (χ0) is 23.7. The fraction of sp³-hybridized carbons (Fsp3) is 0.440. The molecule has 3 heterocycles. The predicted octanol–water partition coefficient (Wildman–Crippen LogP) is 3.42. The van der Waals surface area contributed by atoms with Crippen LogP contribution in [-0.2, 0) is 16.0 Å². The summed E-state index contributed by atoms with van der Waals surface area (Å²) >= 11 is 0. The van der Waals surface area contributed by atoms with Gasteiger partial charge >= 0.3 is 0 Å². The second-order valence-corrected chi connectivity index (χ2v) is 9.19. The molecule has 0 radical (unpaired) electrons. The molecule has 3 N–H and O–H groups in total. The van der Waals surface area contributed by atoms with E-state index in [-0.39, 0.29) is 29.8 Å². The Morgan fingerprint density at radius 3 is 2.82 bits per heavy atom. The molecule has 1 saturated heterocycles. The van der Waals surface area contributed by atoms with Crippen LogP contribution in [0.3, 0.4) is 0 Å². The van der Waals surface area contributed by atoms with Crippen LogP contribution >= 0.6 is 0 Å². The maximum Gasteiger partial charge on any atom is 0.255 e. The molecule has 34 heavy (non-hydrogen) atoms. The number of hydrogen-bond acceptors (Lipinski definition) is 6. The second kappa shape index (κ2) is 9.42. The van der Waals surface area contributed by atoms with Crippen molar-refractivity contribution in [3.63, 3.8) is 0 Å². The molecule has 1 aliphatic carbocycles. The van der Waals surface area contributed by atoms with E-state index in [9.17, 15) is 9.59 Å². The fourth-order valence-corrected chi connectivity index (χ4v) is 4.60. The van der Waals surface area contributed by atoms with Crippen molar-refractivity contribution in [3.8, 4) is 11.6 Å². The monoisotopic (exact) mass is 463 g/mol. The SMILES string of the molecule is CC(C)NC(=O)c1c[nH]c2ncc(Oc3ccc4c(c3)[C@H](NC(=O)C3CCOCC3)CC4)nc12. The van der Waals surface area contributed by atoms with E-state index in [0.717, 1.165) is 31.2 Å². The molecule has 0 bridgehead atoms. The molecule has 0 unspecified atom stereocenters. The largest absolute Gasteiger partial charge is 0.437 e. The third-order valence-corrected chi connectivity index (χ3v) is 6.35. The van der Waals surface area contributed by atoms with Crippen LogP contribution in [0.5, 0.6) is 11.6 Å². The van der Waals surface area contributed by atoms with Gasteiger partial charge in [-0.1, -0.05) is 6.07 Å². The molecule has 3 aromatic rings. The molecular formula is C25H29N5O4. The van der Waals surface area contributed by atoms with Gasteiger partial charge in [0.2, 0.25) is 11.8 Å². The first-order valence-electron chi connectivity index (χ1n) is 11.8. The Labute approximate surface area is 197 Å². The van der Waals surface area contributed by atoms with E-state index < -0.39 is 0 Å². The van der Waals surface area contributed by atoms with Crippen molar-refractivity contribution in [1.29, 1.82) is 0 Å². The number of carbonyl (C=O) groups is 2. The number of fused-ring (bicyclic) bond motifs is 2. The van der Waals surface area contributed by atoms with Gasteiger partial charge in [-0.3, -0.25) is 9.59 Å². The molecule has 1 aliphatic heterocycles. The zero-order valence-corrected chi connectivity index (χ0v) is 19.4. The second-order valence-electron chi connectivity index (χ2n) is 9.19. The number of nitrogens with one attached hydrogen (secondary N) is 3. The Hall–Kier alpha value is -3.46. The van der Waals surface area contributed by atoms with Crippen LogP contribution in [0, 0.1) is 5.92 Å². The number of aromatic nitrogens is 3. The molecule has 2 amide bonds. The van der Waals surface area contributed by atoms with Gasteiger partial charge in [0.1, 0.15) is 11.3 Å². The summed E-state index contributed by atoms with van der Waals surface area (Å²) in [7, 11) is 0. The lowest BCUT2D eigenvalue weighted by molar-refractivity contribution is -0.128. The van der Waals surface area contributed by atoms with E-state index >= 15 is 0 Å². The number of aryl methyl sites for hydroxylation is 1. The summed E-state index contributed by atoms with van der Waals surface area (Å²) in [6, 6.07) is 5.88. The van der Waals surface area contributed by atoms with Crippen molar-refractivity contribution in [2.24, 2.45) is 5.92 Å². The molecule has 0 saturated carbocycles. The Morgan fingerprint density at radius 1 is 1.21 bits per heavy atom.